The average Bonchev–Trinajstić information content (AvgIpc) is 2.49. The number of ether oxygens (including phenoxy) is 1. The van der Waals surface area contributed by atoms with Crippen molar-refractivity contribution in [1.82, 2.24) is 5.32 Å². The Morgan fingerprint density at radius 1 is 1.15 bits per heavy atom. The van der Waals surface area contributed by atoms with E-state index in [4.69, 9.17) is 4.74 Å². The first kappa shape index (κ1) is 16.7. The second-order valence-electron chi connectivity index (χ2n) is 5.05. The van der Waals surface area contributed by atoms with Gasteiger partial charge in [0.15, 0.2) is 0 Å². The Labute approximate surface area is 122 Å². The Morgan fingerprint density at radius 3 is 2.55 bits per heavy atom. The van der Waals surface area contributed by atoms with Crippen LogP contribution in [0.25, 0.3) is 0 Å². The average molecular weight is 277 g/mol. The molecule has 1 aromatic carbocycles. The van der Waals surface area contributed by atoms with Crippen molar-refractivity contribution in [2.75, 3.05) is 6.54 Å². The number of benzene rings is 1. The van der Waals surface area contributed by atoms with Gasteiger partial charge >= 0.3 is 5.97 Å². The van der Waals surface area contributed by atoms with Crippen LogP contribution in [0.2, 0.25) is 0 Å². The van der Waals surface area contributed by atoms with Gasteiger partial charge in [0.2, 0.25) is 0 Å². The Morgan fingerprint density at radius 2 is 1.90 bits per heavy atom. The molecule has 0 bridgehead atoms. The van der Waals surface area contributed by atoms with Gasteiger partial charge in [-0.15, -0.1) is 0 Å². The highest BCUT2D eigenvalue weighted by molar-refractivity contribution is 5.75. The molecule has 0 aliphatic rings. The lowest BCUT2D eigenvalue weighted by Gasteiger charge is -2.16. The van der Waals surface area contributed by atoms with Crippen LogP contribution in [0.15, 0.2) is 30.3 Å². The van der Waals surface area contributed by atoms with Crippen molar-refractivity contribution in [3.63, 3.8) is 0 Å². The van der Waals surface area contributed by atoms with E-state index in [0.717, 1.165) is 24.9 Å². The molecule has 1 N–H and O–H groups in total. The van der Waals surface area contributed by atoms with Gasteiger partial charge in [-0.1, -0.05) is 69.9 Å². The number of hydrogen-bond acceptors (Lipinski definition) is 3. The highest BCUT2D eigenvalue weighted by Crippen LogP contribution is 2.08. The Hall–Kier alpha value is -1.35. The summed E-state index contributed by atoms with van der Waals surface area (Å²) in [6.45, 7) is 5.36. The molecule has 0 aliphatic heterocycles. The number of nitrogens with one attached hydrogen (secondary N) is 1. The summed E-state index contributed by atoms with van der Waals surface area (Å²) < 4.78 is 5.40. The standard InChI is InChI=1S/C17H27NO2/c1-3-5-6-10-13-16(18-4-2)17(19)20-14-15-11-8-7-9-12-15/h7-9,11-12,16,18H,3-6,10,13-14H2,1-2H3. The first-order valence-corrected chi connectivity index (χ1v) is 7.71. The fourth-order valence-corrected chi connectivity index (χ4v) is 2.15. The van der Waals surface area contributed by atoms with Crippen molar-refractivity contribution < 1.29 is 9.53 Å². The van der Waals surface area contributed by atoms with Gasteiger partial charge in [0.1, 0.15) is 12.6 Å². The molecule has 20 heavy (non-hydrogen) atoms. The predicted molar refractivity (Wildman–Crippen MR) is 82.5 cm³/mol. The summed E-state index contributed by atoms with van der Waals surface area (Å²) >= 11 is 0. The number of carbonyl (C=O) groups is 1. The topological polar surface area (TPSA) is 38.3 Å². The van der Waals surface area contributed by atoms with Gasteiger partial charge in [-0.2, -0.15) is 0 Å². The maximum absolute atomic E-state index is 12.1. The molecule has 0 amide bonds. The summed E-state index contributed by atoms with van der Waals surface area (Å²) in [6, 6.07) is 9.64. The van der Waals surface area contributed by atoms with Crippen molar-refractivity contribution >= 4 is 5.97 Å². The van der Waals surface area contributed by atoms with E-state index >= 15 is 0 Å². The molecule has 0 aromatic heterocycles. The normalized spacial score (nSPS) is 12.1. The number of unbranched alkanes of at least 4 members (excludes halogenated alkanes) is 3. The second-order valence-corrected chi connectivity index (χ2v) is 5.05. The largest absolute Gasteiger partial charge is 0.460 e. The van der Waals surface area contributed by atoms with Crippen molar-refractivity contribution in [3.8, 4) is 0 Å². The van der Waals surface area contributed by atoms with E-state index < -0.39 is 0 Å². The molecule has 1 unspecified atom stereocenters. The molecule has 1 atom stereocenters. The summed E-state index contributed by atoms with van der Waals surface area (Å²) in [7, 11) is 0. The molecule has 3 heteroatoms. The molecule has 112 valence electrons. The second kappa shape index (κ2) is 10.4. The van der Waals surface area contributed by atoms with Gasteiger partial charge in [0.05, 0.1) is 0 Å². The molecular weight excluding hydrogens is 250 g/mol. The monoisotopic (exact) mass is 277 g/mol. The quantitative estimate of drug-likeness (QED) is 0.524. The SMILES string of the molecule is CCCCCCC(NCC)C(=O)OCc1ccccc1. The zero-order chi connectivity index (χ0) is 14.6. The number of carbonyl (C=O) groups excluding carboxylic acids is 1. The molecule has 0 saturated heterocycles. The van der Waals surface area contributed by atoms with Crippen molar-refractivity contribution in [2.45, 2.75) is 58.6 Å². The summed E-state index contributed by atoms with van der Waals surface area (Å²) in [4.78, 5) is 12.1. The highest BCUT2D eigenvalue weighted by atomic mass is 16.5. The van der Waals surface area contributed by atoms with Gasteiger partial charge in [-0.25, -0.2) is 0 Å². The van der Waals surface area contributed by atoms with Gasteiger partial charge < -0.3 is 10.1 Å². The minimum atomic E-state index is -0.166. The van der Waals surface area contributed by atoms with Crippen LogP contribution in [0.4, 0.5) is 0 Å². The fourth-order valence-electron chi connectivity index (χ4n) is 2.15. The van der Waals surface area contributed by atoms with Gasteiger partial charge in [0.25, 0.3) is 0 Å². The third kappa shape index (κ3) is 6.71. The highest BCUT2D eigenvalue weighted by Gasteiger charge is 2.18. The number of rotatable bonds is 10. The van der Waals surface area contributed by atoms with E-state index in [1.54, 1.807) is 0 Å². The van der Waals surface area contributed by atoms with Crippen molar-refractivity contribution in [2.24, 2.45) is 0 Å². The van der Waals surface area contributed by atoms with Crippen LogP contribution in [0.3, 0.4) is 0 Å². The van der Waals surface area contributed by atoms with Crippen LogP contribution in [0, 0.1) is 0 Å². The summed E-state index contributed by atoms with van der Waals surface area (Å²) in [6.07, 6.45) is 5.57. The van der Waals surface area contributed by atoms with E-state index in [9.17, 15) is 4.79 Å². The molecule has 0 aliphatic carbocycles. The molecule has 0 heterocycles. The van der Waals surface area contributed by atoms with Crippen LogP contribution in [0.1, 0.15) is 51.5 Å². The summed E-state index contributed by atoms with van der Waals surface area (Å²) in [5.41, 5.74) is 1.03. The van der Waals surface area contributed by atoms with Crippen LogP contribution in [-0.2, 0) is 16.1 Å². The Balaban J connectivity index is 2.35. The smallest absolute Gasteiger partial charge is 0.323 e. The summed E-state index contributed by atoms with van der Waals surface area (Å²) in [5.74, 6) is -0.132. The lowest BCUT2D eigenvalue weighted by molar-refractivity contribution is -0.147. The van der Waals surface area contributed by atoms with Crippen LogP contribution in [-0.4, -0.2) is 18.6 Å². The fraction of sp³-hybridized carbons (Fsp3) is 0.588. The third-order valence-electron chi connectivity index (χ3n) is 3.31. The van der Waals surface area contributed by atoms with Crippen LogP contribution < -0.4 is 5.32 Å². The van der Waals surface area contributed by atoms with E-state index in [1.165, 1.54) is 19.3 Å². The van der Waals surface area contributed by atoms with Crippen LogP contribution in [0.5, 0.6) is 0 Å². The van der Waals surface area contributed by atoms with Gasteiger partial charge in [-0.3, -0.25) is 4.79 Å². The Bertz CT molecular complexity index is 365. The minimum Gasteiger partial charge on any atom is -0.460 e. The lowest BCUT2D eigenvalue weighted by atomic mass is 10.1. The molecule has 0 saturated carbocycles. The molecule has 0 spiro atoms. The van der Waals surface area contributed by atoms with E-state index in [1.807, 2.05) is 37.3 Å². The van der Waals surface area contributed by atoms with E-state index in [2.05, 4.69) is 12.2 Å². The molecule has 3 nitrogen and oxygen atoms in total. The first-order valence-electron chi connectivity index (χ1n) is 7.71. The zero-order valence-corrected chi connectivity index (χ0v) is 12.7. The molecular formula is C17H27NO2. The van der Waals surface area contributed by atoms with E-state index in [-0.39, 0.29) is 12.0 Å². The lowest BCUT2D eigenvalue weighted by Crippen LogP contribution is -2.37. The van der Waals surface area contributed by atoms with Crippen molar-refractivity contribution in [3.05, 3.63) is 35.9 Å². The number of hydrogen-bond donors (Lipinski definition) is 1. The third-order valence-corrected chi connectivity index (χ3v) is 3.31. The maximum atomic E-state index is 12.1. The molecule has 0 fully saturated rings. The summed E-state index contributed by atoms with van der Waals surface area (Å²) in [5, 5.41) is 3.22. The van der Waals surface area contributed by atoms with Gasteiger partial charge in [0, 0.05) is 0 Å². The number of likely N-dealkylation sites (N-methyl/N-ethyl adjacent to an activating group) is 1. The number of esters is 1. The maximum Gasteiger partial charge on any atom is 0.323 e. The zero-order valence-electron chi connectivity index (χ0n) is 12.7. The molecule has 0 radical (unpaired) electrons. The molecule has 1 aromatic rings. The van der Waals surface area contributed by atoms with E-state index in [0.29, 0.717) is 6.61 Å². The first-order chi connectivity index (χ1) is 9.77. The van der Waals surface area contributed by atoms with Crippen molar-refractivity contribution in [1.29, 1.82) is 0 Å². The predicted octanol–water partition coefficient (Wildman–Crippen LogP) is 3.68. The van der Waals surface area contributed by atoms with Gasteiger partial charge in [-0.05, 0) is 18.5 Å². The van der Waals surface area contributed by atoms with Crippen LogP contribution >= 0.6 is 0 Å². The molecule has 1 rings (SSSR count). The Kier molecular flexibility index (Phi) is 8.72. The minimum absolute atomic E-state index is 0.132.